The minimum absolute atomic E-state index is 1.75. The Kier molecular flexibility index (Phi) is 27.0. The van der Waals surface area contributed by atoms with E-state index in [0.717, 1.165) is 0 Å². The fourth-order valence-electron chi connectivity index (χ4n) is 0. The van der Waals surface area contributed by atoms with Crippen LogP contribution < -0.4 is 18.6 Å². The third kappa shape index (κ3) is 23.9. The molecular formula is C2H6N2O4Ti2. The summed E-state index contributed by atoms with van der Waals surface area (Å²) in [7, 11) is 0. The monoisotopic (exact) mass is 218 g/mol. The van der Waals surface area contributed by atoms with Gasteiger partial charge in [-0.05, 0) is 0 Å². The number of carbonyl (C=O) groups excluding carboxylic acids is 2. The van der Waals surface area contributed by atoms with Gasteiger partial charge in [0.05, 0.1) is 11.9 Å². The van der Waals surface area contributed by atoms with Crippen molar-refractivity contribution in [2.45, 2.75) is 0 Å². The zero-order valence-corrected chi connectivity index (χ0v) is 8.17. The number of carboxylic acids is 2. The first kappa shape index (κ1) is 16.7. The number of quaternary nitrogens is 2. The molecule has 6 N–H and O–H groups in total. The SMILES string of the molecule is O=C([O-])C(=O)[O-].[NH3+][Ti].[NH3+][Ti]. The van der Waals surface area contributed by atoms with Gasteiger partial charge in [-0.15, -0.1) is 0 Å². The second-order valence-corrected chi connectivity index (χ2v) is 0.575. The molecule has 0 aromatic rings. The van der Waals surface area contributed by atoms with Crippen molar-refractivity contribution >= 4 is 11.9 Å². The molecule has 0 atom stereocenters. The van der Waals surface area contributed by atoms with Gasteiger partial charge < -0.3 is 19.8 Å². The number of hydrogen-bond acceptors (Lipinski definition) is 4. The fraction of sp³-hybridized carbons (Fsp3) is 0. The molecule has 0 aliphatic heterocycles. The summed E-state index contributed by atoms with van der Waals surface area (Å²) in [6.45, 7) is 0. The van der Waals surface area contributed by atoms with Crippen LogP contribution in [0.4, 0.5) is 0 Å². The molecule has 0 aliphatic carbocycles. The molecule has 0 aliphatic rings. The first-order chi connectivity index (χ1) is 4.64. The zero-order chi connectivity index (χ0) is 9.15. The van der Waals surface area contributed by atoms with Crippen LogP contribution in [0.3, 0.4) is 0 Å². The molecule has 0 radical (unpaired) electrons. The van der Waals surface area contributed by atoms with Crippen molar-refractivity contribution in [3.63, 3.8) is 0 Å². The molecule has 0 amide bonds. The van der Waals surface area contributed by atoms with Gasteiger partial charge >= 0.3 is 49.8 Å². The molecule has 0 spiro atoms. The zero-order valence-electron chi connectivity index (χ0n) is 5.05. The van der Waals surface area contributed by atoms with Crippen LogP contribution >= 0.6 is 0 Å². The summed E-state index contributed by atoms with van der Waals surface area (Å²) in [5.41, 5.74) is 0. The Labute approximate surface area is 81.4 Å². The quantitative estimate of drug-likeness (QED) is 0.308. The summed E-state index contributed by atoms with van der Waals surface area (Å²) in [5, 5.41) is 17.9. The Hall–Kier alpha value is 0.289. The summed E-state index contributed by atoms with van der Waals surface area (Å²) in [6.07, 6.45) is 0. The molecule has 0 bridgehead atoms. The van der Waals surface area contributed by atoms with E-state index in [1.807, 2.05) is 0 Å². The Morgan fingerprint density at radius 1 is 0.900 bits per heavy atom. The molecule has 0 aromatic heterocycles. The molecule has 8 heteroatoms. The molecular weight excluding hydrogens is 212 g/mol. The van der Waals surface area contributed by atoms with Gasteiger partial charge in [-0.1, -0.05) is 0 Å². The van der Waals surface area contributed by atoms with Crippen molar-refractivity contribution in [1.29, 1.82) is 0 Å². The minimum atomic E-state index is -2.19. The van der Waals surface area contributed by atoms with Crippen LogP contribution in [0.2, 0.25) is 0 Å². The Morgan fingerprint density at radius 2 is 1.00 bits per heavy atom. The van der Waals surface area contributed by atoms with E-state index in [-0.39, 0.29) is 0 Å². The van der Waals surface area contributed by atoms with E-state index in [0.29, 0.717) is 0 Å². The van der Waals surface area contributed by atoms with Gasteiger partial charge in [0.2, 0.25) is 0 Å². The van der Waals surface area contributed by atoms with Crippen LogP contribution in [-0.4, -0.2) is 11.9 Å². The molecule has 6 nitrogen and oxygen atoms in total. The molecule has 10 heavy (non-hydrogen) atoms. The predicted octanol–water partition coefficient (Wildman–Crippen LogP) is -6.13. The third-order valence-corrected chi connectivity index (χ3v) is 0.167. The summed E-state index contributed by atoms with van der Waals surface area (Å²) in [4.78, 5) is 17.9. The van der Waals surface area contributed by atoms with E-state index in [1.165, 1.54) is 0 Å². The number of aliphatic carboxylic acids is 2. The molecule has 0 rings (SSSR count). The van der Waals surface area contributed by atoms with Crippen LogP contribution in [0.1, 0.15) is 0 Å². The second-order valence-electron chi connectivity index (χ2n) is 0.575. The summed E-state index contributed by atoms with van der Waals surface area (Å²) in [6, 6.07) is 0. The van der Waals surface area contributed by atoms with Crippen molar-refractivity contribution in [2.24, 2.45) is 0 Å². The maximum absolute atomic E-state index is 8.93. The van der Waals surface area contributed by atoms with Gasteiger partial charge in [0.25, 0.3) is 0 Å². The van der Waals surface area contributed by atoms with Gasteiger partial charge in [-0.2, -0.15) is 0 Å². The van der Waals surface area contributed by atoms with E-state index in [1.54, 1.807) is 41.4 Å². The van der Waals surface area contributed by atoms with E-state index < -0.39 is 11.9 Å². The summed E-state index contributed by atoms with van der Waals surface area (Å²) < 4.78 is 6.50. The average Bonchev–Trinajstić information content (AvgIpc) is 1.96. The molecule has 56 valence electrons. The standard InChI is InChI=1S/C2H2O4.2H3N.2Ti/c3-1(4)2(5)6;;;;/h(H,3,4)(H,5,6);2*1H3;;/q;;;2*+1/p-2. The van der Waals surface area contributed by atoms with Crippen molar-refractivity contribution in [3.05, 3.63) is 0 Å². The first-order valence-electron chi connectivity index (χ1n) is 1.77. The van der Waals surface area contributed by atoms with Crippen molar-refractivity contribution < 1.29 is 69.6 Å². The number of hydrogen-bond donors (Lipinski definition) is 2. The van der Waals surface area contributed by atoms with Crippen LogP contribution in [-0.2, 0) is 51.0 Å². The first-order valence-corrected chi connectivity index (χ1v) is 3.98. The maximum atomic E-state index is 8.93. The van der Waals surface area contributed by atoms with Crippen molar-refractivity contribution in [1.82, 2.24) is 0 Å². The van der Waals surface area contributed by atoms with Gasteiger partial charge in [0.1, 0.15) is 0 Å². The number of carboxylic acid groups (broad SMARTS) is 2. The van der Waals surface area contributed by atoms with Crippen molar-refractivity contribution in [3.8, 4) is 0 Å². The van der Waals surface area contributed by atoms with Crippen LogP contribution in [0.15, 0.2) is 0 Å². The third-order valence-electron chi connectivity index (χ3n) is 0.167. The second kappa shape index (κ2) is 16.1. The van der Waals surface area contributed by atoms with Gasteiger partial charge in [0.15, 0.2) is 0 Å². The van der Waals surface area contributed by atoms with E-state index in [9.17, 15) is 0 Å². The molecule has 0 saturated heterocycles. The predicted molar refractivity (Wildman–Crippen MR) is 15.8 cm³/mol. The Bertz CT molecular complexity index is 85.3. The Morgan fingerprint density at radius 3 is 1.00 bits per heavy atom. The van der Waals surface area contributed by atoms with Crippen LogP contribution in [0, 0.1) is 0 Å². The molecule has 0 heterocycles. The van der Waals surface area contributed by atoms with Crippen LogP contribution in [0.5, 0.6) is 0 Å². The normalized spacial score (nSPS) is 5.20. The van der Waals surface area contributed by atoms with E-state index in [4.69, 9.17) is 19.8 Å². The van der Waals surface area contributed by atoms with Crippen molar-refractivity contribution in [2.75, 3.05) is 0 Å². The van der Waals surface area contributed by atoms with Gasteiger partial charge in [-0.3, -0.25) is 0 Å². The van der Waals surface area contributed by atoms with Gasteiger partial charge in [-0.25, -0.2) is 0 Å². The number of rotatable bonds is 0. The topological polar surface area (TPSA) is 136 Å². The summed E-state index contributed by atoms with van der Waals surface area (Å²) >= 11 is 3.50. The molecule has 0 unspecified atom stereocenters. The van der Waals surface area contributed by atoms with E-state index >= 15 is 0 Å². The molecule has 0 aromatic carbocycles. The molecule has 0 fully saturated rings. The Balaban J connectivity index is -0.000000105. The summed E-state index contributed by atoms with van der Waals surface area (Å²) in [5.74, 6) is -4.37. The fourth-order valence-corrected chi connectivity index (χ4v) is 0. The average molecular weight is 218 g/mol. The van der Waals surface area contributed by atoms with E-state index in [2.05, 4.69) is 8.43 Å². The van der Waals surface area contributed by atoms with Crippen LogP contribution in [0.25, 0.3) is 0 Å². The molecule has 0 saturated carbocycles. The van der Waals surface area contributed by atoms with Gasteiger partial charge in [0, 0.05) is 0 Å². The number of carbonyl (C=O) groups is 2.